The Morgan fingerprint density at radius 2 is 2.33 bits per heavy atom. The van der Waals surface area contributed by atoms with Gasteiger partial charge in [0.15, 0.2) is 6.61 Å². The Morgan fingerprint density at radius 3 is 3.10 bits per heavy atom. The number of halogens is 1. The maximum absolute atomic E-state index is 13.3. The van der Waals surface area contributed by atoms with Crippen LogP contribution < -0.4 is 10.1 Å². The van der Waals surface area contributed by atoms with E-state index in [1.807, 2.05) is 0 Å². The molecule has 0 bridgehead atoms. The molecule has 0 aliphatic carbocycles. The predicted octanol–water partition coefficient (Wildman–Crippen LogP) is 1.29. The lowest BCUT2D eigenvalue weighted by atomic mass is 10.2. The summed E-state index contributed by atoms with van der Waals surface area (Å²) in [5.41, 5.74) is 0.608. The van der Waals surface area contributed by atoms with Gasteiger partial charge in [0.05, 0.1) is 6.61 Å². The van der Waals surface area contributed by atoms with Gasteiger partial charge in [-0.25, -0.2) is 9.18 Å². The van der Waals surface area contributed by atoms with Crippen molar-refractivity contribution in [2.24, 2.45) is 0 Å². The second-order valence-electron chi connectivity index (χ2n) is 4.50. The molecule has 0 unspecified atom stereocenters. The molecule has 1 aromatic rings. The average molecular weight is 296 g/mol. The molecule has 21 heavy (non-hydrogen) atoms. The zero-order valence-corrected chi connectivity index (χ0v) is 11.7. The van der Waals surface area contributed by atoms with E-state index in [2.05, 4.69) is 5.32 Å². The first-order valence-electron chi connectivity index (χ1n) is 6.69. The van der Waals surface area contributed by atoms with E-state index in [9.17, 15) is 14.0 Å². The standard InChI is InChI=1S/C14H17FN2O4/c1-2-20-14(19)16-5-6-17-8-10-7-11(15)3-4-12(10)21-9-13(17)18/h3-4,7H,2,5-6,8-9H2,1H3,(H,16,19). The smallest absolute Gasteiger partial charge is 0.407 e. The highest BCUT2D eigenvalue weighted by Crippen LogP contribution is 2.24. The first kappa shape index (κ1) is 15.1. The molecule has 0 saturated carbocycles. The number of carbonyl (C=O) groups is 2. The third-order valence-electron chi connectivity index (χ3n) is 3.01. The SMILES string of the molecule is CCOC(=O)NCCN1Cc2cc(F)ccc2OCC1=O. The number of rotatable bonds is 4. The Labute approximate surface area is 121 Å². The summed E-state index contributed by atoms with van der Waals surface area (Å²) >= 11 is 0. The van der Waals surface area contributed by atoms with Crippen LogP contribution in [0.3, 0.4) is 0 Å². The van der Waals surface area contributed by atoms with Crippen molar-refractivity contribution in [1.82, 2.24) is 10.2 Å². The van der Waals surface area contributed by atoms with Crippen LogP contribution in [0.2, 0.25) is 0 Å². The lowest BCUT2D eigenvalue weighted by Crippen LogP contribution is -2.39. The average Bonchev–Trinajstić information content (AvgIpc) is 2.59. The first-order valence-corrected chi connectivity index (χ1v) is 6.69. The minimum Gasteiger partial charge on any atom is -0.483 e. The predicted molar refractivity (Wildman–Crippen MR) is 72.3 cm³/mol. The van der Waals surface area contributed by atoms with E-state index in [1.165, 1.54) is 23.1 Å². The van der Waals surface area contributed by atoms with E-state index in [4.69, 9.17) is 9.47 Å². The van der Waals surface area contributed by atoms with Crippen molar-refractivity contribution in [1.29, 1.82) is 0 Å². The lowest BCUT2D eigenvalue weighted by Gasteiger charge is -2.20. The van der Waals surface area contributed by atoms with E-state index >= 15 is 0 Å². The molecule has 2 amide bonds. The lowest BCUT2D eigenvalue weighted by molar-refractivity contribution is -0.133. The number of nitrogens with one attached hydrogen (secondary N) is 1. The van der Waals surface area contributed by atoms with Crippen molar-refractivity contribution >= 4 is 12.0 Å². The molecule has 6 nitrogen and oxygen atoms in total. The quantitative estimate of drug-likeness (QED) is 0.909. The van der Waals surface area contributed by atoms with E-state index in [0.717, 1.165) is 0 Å². The van der Waals surface area contributed by atoms with Crippen LogP contribution in [0.1, 0.15) is 12.5 Å². The summed E-state index contributed by atoms with van der Waals surface area (Å²) in [5.74, 6) is -0.0841. The summed E-state index contributed by atoms with van der Waals surface area (Å²) < 4.78 is 23.3. The Hall–Kier alpha value is -2.31. The zero-order valence-electron chi connectivity index (χ0n) is 11.7. The molecule has 1 heterocycles. The Kier molecular flexibility index (Phi) is 4.97. The second-order valence-corrected chi connectivity index (χ2v) is 4.50. The van der Waals surface area contributed by atoms with Gasteiger partial charge in [-0.05, 0) is 25.1 Å². The minimum atomic E-state index is -0.525. The van der Waals surface area contributed by atoms with Crippen molar-refractivity contribution < 1.29 is 23.5 Å². The third kappa shape index (κ3) is 4.08. The van der Waals surface area contributed by atoms with Crippen molar-refractivity contribution in [3.05, 3.63) is 29.6 Å². The van der Waals surface area contributed by atoms with Crippen LogP contribution in [-0.4, -0.2) is 43.2 Å². The number of benzene rings is 1. The summed E-state index contributed by atoms with van der Waals surface area (Å²) in [6, 6.07) is 4.15. The van der Waals surface area contributed by atoms with Gasteiger partial charge >= 0.3 is 6.09 Å². The molecule has 1 aliphatic heterocycles. The molecule has 0 fully saturated rings. The van der Waals surface area contributed by atoms with Gasteiger partial charge in [0.1, 0.15) is 11.6 Å². The van der Waals surface area contributed by atoms with Crippen LogP contribution in [-0.2, 0) is 16.1 Å². The fourth-order valence-electron chi connectivity index (χ4n) is 2.02. The molecule has 0 radical (unpaired) electrons. The molecular formula is C14H17FN2O4. The molecule has 114 valence electrons. The summed E-state index contributed by atoms with van der Waals surface area (Å²) in [4.78, 5) is 24.6. The number of carbonyl (C=O) groups excluding carboxylic acids is 2. The van der Waals surface area contributed by atoms with E-state index in [-0.39, 0.29) is 38.0 Å². The van der Waals surface area contributed by atoms with Crippen LogP contribution in [0.25, 0.3) is 0 Å². The second kappa shape index (κ2) is 6.92. The van der Waals surface area contributed by atoms with E-state index in [0.29, 0.717) is 17.9 Å². The summed E-state index contributed by atoms with van der Waals surface area (Å²) in [7, 11) is 0. The van der Waals surface area contributed by atoms with Crippen LogP contribution in [0.5, 0.6) is 5.75 Å². The number of amides is 2. The number of hydrogen-bond acceptors (Lipinski definition) is 4. The summed E-state index contributed by atoms with van der Waals surface area (Å²) in [5, 5.41) is 2.54. The highest BCUT2D eigenvalue weighted by molar-refractivity contribution is 5.78. The van der Waals surface area contributed by atoms with Gasteiger partial charge in [0, 0.05) is 25.2 Å². The van der Waals surface area contributed by atoms with Crippen LogP contribution in [0, 0.1) is 5.82 Å². The minimum absolute atomic E-state index is 0.0992. The van der Waals surface area contributed by atoms with Crippen LogP contribution >= 0.6 is 0 Å². The van der Waals surface area contributed by atoms with Gasteiger partial charge in [-0.1, -0.05) is 0 Å². The largest absolute Gasteiger partial charge is 0.483 e. The maximum Gasteiger partial charge on any atom is 0.407 e. The Balaban J connectivity index is 1.96. The van der Waals surface area contributed by atoms with E-state index < -0.39 is 6.09 Å². The molecule has 0 spiro atoms. The Bertz CT molecular complexity index is 536. The summed E-state index contributed by atoms with van der Waals surface area (Å²) in [6.45, 7) is 2.70. The first-order chi connectivity index (χ1) is 10.1. The van der Waals surface area contributed by atoms with Gasteiger partial charge in [-0.3, -0.25) is 4.79 Å². The third-order valence-corrected chi connectivity index (χ3v) is 3.01. The molecule has 7 heteroatoms. The normalized spacial score (nSPS) is 14.0. The number of nitrogens with zero attached hydrogens (tertiary/aromatic N) is 1. The van der Waals surface area contributed by atoms with Crippen molar-refractivity contribution in [3.63, 3.8) is 0 Å². The highest BCUT2D eigenvalue weighted by Gasteiger charge is 2.21. The molecule has 0 atom stereocenters. The fourth-order valence-corrected chi connectivity index (χ4v) is 2.02. The Morgan fingerprint density at radius 1 is 1.52 bits per heavy atom. The van der Waals surface area contributed by atoms with Gasteiger partial charge < -0.3 is 19.7 Å². The molecule has 1 aromatic carbocycles. The number of hydrogen-bond donors (Lipinski definition) is 1. The molecule has 0 saturated heterocycles. The van der Waals surface area contributed by atoms with Gasteiger partial charge in [-0.15, -0.1) is 0 Å². The van der Waals surface area contributed by atoms with Crippen molar-refractivity contribution in [2.75, 3.05) is 26.3 Å². The molecular weight excluding hydrogens is 279 g/mol. The topological polar surface area (TPSA) is 67.9 Å². The molecule has 1 N–H and O–H groups in total. The summed E-state index contributed by atoms with van der Waals surface area (Å²) in [6.07, 6.45) is -0.525. The number of alkyl carbamates (subject to hydrolysis) is 1. The molecule has 1 aliphatic rings. The fraction of sp³-hybridized carbons (Fsp3) is 0.429. The van der Waals surface area contributed by atoms with E-state index in [1.54, 1.807) is 6.92 Å². The number of ether oxygens (including phenoxy) is 2. The van der Waals surface area contributed by atoms with Crippen molar-refractivity contribution in [2.45, 2.75) is 13.5 Å². The van der Waals surface area contributed by atoms with Gasteiger partial charge in [-0.2, -0.15) is 0 Å². The monoisotopic (exact) mass is 296 g/mol. The molecule has 0 aromatic heterocycles. The zero-order chi connectivity index (χ0) is 15.2. The van der Waals surface area contributed by atoms with Gasteiger partial charge in [0.2, 0.25) is 0 Å². The molecule has 2 rings (SSSR count). The number of fused-ring (bicyclic) bond motifs is 1. The van der Waals surface area contributed by atoms with Gasteiger partial charge in [0.25, 0.3) is 5.91 Å². The maximum atomic E-state index is 13.3. The highest BCUT2D eigenvalue weighted by atomic mass is 19.1. The van der Waals surface area contributed by atoms with Crippen molar-refractivity contribution in [3.8, 4) is 5.75 Å². The van der Waals surface area contributed by atoms with Crippen LogP contribution in [0.4, 0.5) is 9.18 Å². The van der Waals surface area contributed by atoms with Crippen LogP contribution in [0.15, 0.2) is 18.2 Å².